The number of ether oxygens (including phenoxy) is 1. The number of nitrogens with one attached hydrogen (secondary N) is 1. The Kier molecular flexibility index (Phi) is 6.37. The molecule has 1 amide bonds. The van der Waals surface area contributed by atoms with Crippen molar-refractivity contribution in [3.8, 4) is 5.75 Å². The fourth-order valence-electron chi connectivity index (χ4n) is 2.31. The molecule has 1 unspecified atom stereocenters. The van der Waals surface area contributed by atoms with E-state index in [9.17, 15) is 19.7 Å². The van der Waals surface area contributed by atoms with E-state index >= 15 is 0 Å². The van der Waals surface area contributed by atoms with Crippen LogP contribution in [-0.2, 0) is 11.2 Å². The Balaban J connectivity index is 2.02. The summed E-state index contributed by atoms with van der Waals surface area (Å²) in [6.45, 7) is 3.51. The van der Waals surface area contributed by atoms with Crippen LogP contribution in [0, 0.1) is 10.1 Å². The maximum absolute atomic E-state index is 12.5. The average molecular weight is 357 g/mol. The quantitative estimate of drug-likeness (QED) is 0.441. The molecule has 136 valence electrons. The lowest BCUT2D eigenvalue weighted by Crippen LogP contribution is -2.24. The van der Waals surface area contributed by atoms with Crippen molar-refractivity contribution in [2.24, 2.45) is 0 Å². The minimum absolute atomic E-state index is 0.0507. The first-order valence-electron chi connectivity index (χ1n) is 8.02. The Labute approximate surface area is 150 Å². The van der Waals surface area contributed by atoms with E-state index in [1.54, 1.807) is 24.3 Å². The lowest BCUT2D eigenvalue weighted by Gasteiger charge is -2.13. The van der Waals surface area contributed by atoms with Crippen molar-refractivity contribution >= 4 is 17.5 Å². The van der Waals surface area contributed by atoms with Crippen LogP contribution in [0.4, 0.5) is 5.82 Å². The van der Waals surface area contributed by atoms with E-state index in [-0.39, 0.29) is 17.4 Å². The maximum atomic E-state index is 12.5. The number of carbonyl (C=O) groups is 2. The average Bonchev–Trinajstić information content (AvgIpc) is 2.61. The number of hydrogen-bond acceptors (Lipinski definition) is 6. The molecule has 1 aromatic heterocycles. The minimum atomic E-state index is -0.900. The number of nitro groups is 1. The van der Waals surface area contributed by atoms with Crippen molar-refractivity contribution in [1.29, 1.82) is 0 Å². The summed E-state index contributed by atoms with van der Waals surface area (Å²) < 4.78 is 5.44. The van der Waals surface area contributed by atoms with Gasteiger partial charge in [-0.1, -0.05) is 24.3 Å². The highest BCUT2D eigenvalue weighted by atomic mass is 16.6. The number of Topliss-reactive ketones (excluding diaryl/α,β-unsaturated/α-hetero) is 1. The Morgan fingerprint density at radius 1 is 1.27 bits per heavy atom. The van der Waals surface area contributed by atoms with Crippen molar-refractivity contribution in [3.05, 3.63) is 63.8 Å². The third-order valence-electron chi connectivity index (χ3n) is 3.62. The lowest BCUT2D eigenvalue weighted by atomic mass is 10.0. The number of aromatic nitrogens is 1. The molecule has 0 aliphatic heterocycles. The standard InChI is InChI=1S/C18H19N3O5/c1-12(26-16-4-3-10-20-18(16)21(24)25)17(23)15-7-5-14(6-8-15)9-11-19-13(2)22/h3-8,10,12H,9,11H2,1-2H3,(H,19,22). The van der Waals surface area contributed by atoms with E-state index < -0.39 is 16.8 Å². The highest BCUT2D eigenvalue weighted by molar-refractivity contribution is 5.99. The molecule has 1 heterocycles. The lowest BCUT2D eigenvalue weighted by molar-refractivity contribution is -0.390. The molecule has 8 heteroatoms. The van der Waals surface area contributed by atoms with Crippen LogP contribution in [0.1, 0.15) is 29.8 Å². The number of rotatable bonds is 8. The summed E-state index contributed by atoms with van der Waals surface area (Å²) in [5.41, 5.74) is 1.42. The molecule has 1 N–H and O–H groups in total. The Bertz CT molecular complexity index is 805. The van der Waals surface area contributed by atoms with Gasteiger partial charge in [0, 0.05) is 19.0 Å². The highest BCUT2D eigenvalue weighted by Gasteiger charge is 2.22. The molecule has 26 heavy (non-hydrogen) atoms. The third-order valence-corrected chi connectivity index (χ3v) is 3.62. The molecule has 0 bridgehead atoms. The molecule has 2 aromatic rings. The molecule has 1 aromatic carbocycles. The molecule has 0 aliphatic rings. The van der Waals surface area contributed by atoms with E-state index in [0.29, 0.717) is 18.5 Å². The molecule has 1 atom stereocenters. The molecular formula is C18H19N3O5. The smallest absolute Gasteiger partial charge is 0.406 e. The van der Waals surface area contributed by atoms with Gasteiger partial charge in [-0.3, -0.25) is 9.59 Å². The first-order valence-corrected chi connectivity index (χ1v) is 8.02. The second kappa shape index (κ2) is 8.70. The van der Waals surface area contributed by atoms with Crippen LogP contribution < -0.4 is 10.1 Å². The predicted molar refractivity (Wildman–Crippen MR) is 94.1 cm³/mol. The third kappa shape index (κ3) is 5.10. The number of pyridine rings is 1. The molecule has 0 saturated carbocycles. The highest BCUT2D eigenvalue weighted by Crippen LogP contribution is 2.24. The van der Waals surface area contributed by atoms with Gasteiger partial charge in [-0.25, -0.2) is 0 Å². The number of nitrogens with zero attached hydrogens (tertiary/aromatic N) is 2. The predicted octanol–water partition coefficient (Wildman–Crippen LogP) is 2.32. The summed E-state index contributed by atoms with van der Waals surface area (Å²) >= 11 is 0. The fraction of sp³-hybridized carbons (Fsp3) is 0.278. The van der Waals surface area contributed by atoms with Crippen molar-refractivity contribution in [1.82, 2.24) is 10.3 Å². The van der Waals surface area contributed by atoms with Crippen LogP contribution in [-0.4, -0.2) is 34.2 Å². The van der Waals surface area contributed by atoms with Crippen LogP contribution in [0.25, 0.3) is 0 Å². The second-order valence-corrected chi connectivity index (χ2v) is 5.64. The van der Waals surface area contributed by atoms with E-state index in [4.69, 9.17) is 4.74 Å². The van der Waals surface area contributed by atoms with Gasteiger partial charge in [-0.05, 0) is 40.9 Å². The number of amides is 1. The van der Waals surface area contributed by atoms with E-state index in [2.05, 4.69) is 10.3 Å². The minimum Gasteiger partial charge on any atom is -0.474 e. The summed E-state index contributed by atoms with van der Waals surface area (Å²) in [6.07, 6.45) is 1.04. The van der Waals surface area contributed by atoms with Gasteiger partial charge in [0.1, 0.15) is 6.20 Å². The zero-order valence-corrected chi connectivity index (χ0v) is 14.5. The zero-order valence-electron chi connectivity index (χ0n) is 14.5. The topological polar surface area (TPSA) is 111 Å². The Morgan fingerprint density at radius 3 is 2.58 bits per heavy atom. The second-order valence-electron chi connectivity index (χ2n) is 5.64. The van der Waals surface area contributed by atoms with Gasteiger partial charge in [0.25, 0.3) is 0 Å². The monoisotopic (exact) mass is 357 g/mol. The summed E-state index contributed by atoms with van der Waals surface area (Å²) in [5.74, 6) is -0.866. The molecule has 0 radical (unpaired) electrons. The van der Waals surface area contributed by atoms with Crippen molar-refractivity contribution in [2.75, 3.05) is 6.54 Å². The Morgan fingerprint density at radius 2 is 1.96 bits per heavy atom. The van der Waals surface area contributed by atoms with Crippen molar-refractivity contribution in [3.63, 3.8) is 0 Å². The number of carbonyl (C=O) groups excluding carboxylic acids is 2. The molecule has 2 rings (SSSR count). The number of benzene rings is 1. The van der Waals surface area contributed by atoms with Crippen LogP contribution in [0.15, 0.2) is 42.6 Å². The van der Waals surface area contributed by atoms with Gasteiger partial charge in [0.2, 0.25) is 17.4 Å². The number of ketones is 1. The van der Waals surface area contributed by atoms with Gasteiger partial charge < -0.3 is 20.2 Å². The van der Waals surface area contributed by atoms with Crippen LogP contribution in [0.5, 0.6) is 5.75 Å². The van der Waals surface area contributed by atoms with Gasteiger partial charge >= 0.3 is 5.82 Å². The van der Waals surface area contributed by atoms with E-state index in [1.165, 1.54) is 32.2 Å². The maximum Gasteiger partial charge on any atom is 0.406 e. The molecule has 0 fully saturated rings. The van der Waals surface area contributed by atoms with Crippen LogP contribution >= 0.6 is 0 Å². The van der Waals surface area contributed by atoms with Crippen molar-refractivity contribution in [2.45, 2.75) is 26.4 Å². The van der Waals surface area contributed by atoms with Gasteiger partial charge in [0.05, 0.1) is 0 Å². The van der Waals surface area contributed by atoms with E-state index in [1.807, 2.05) is 0 Å². The summed E-state index contributed by atoms with van der Waals surface area (Å²) in [7, 11) is 0. The Hall–Kier alpha value is -3.29. The first kappa shape index (κ1) is 19.0. The van der Waals surface area contributed by atoms with Gasteiger partial charge in [0.15, 0.2) is 6.10 Å². The first-order chi connectivity index (χ1) is 12.4. The zero-order chi connectivity index (χ0) is 19.1. The van der Waals surface area contributed by atoms with Crippen LogP contribution in [0.3, 0.4) is 0 Å². The molecular weight excluding hydrogens is 338 g/mol. The van der Waals surface area contributed by atoms with Gasteiger partial charge in [-0.15, -0.1) is 0 Å². The largest absolute Gasteiger partial charge is 0.474 e. The normalized spacial score (nSPS) is 11.5. The fourth-order valence-corrected chi connectivity index (χ4v) is 2.31. The molecule has 0 spiro atoms. The molecule has 0 saturated heterocycles. The summed E-state index contributed by atoms with van der Waals surface area (Å²) in [4.78, 5) is 37.3. The van der Waals surface area contributed by atoms with Crippen molar-refractivity contribution < 1.29 is 19.2 Å². The number of hydrogen-bond donors (Lipinski definition) is 1. The van der Waals surface area contributed by atoms with Crippen LogP contribution in [0.2, 0.25) is 0 Å². The molecule has 8 nitrogen and oxygen atoms in total. The molecule has 0 aliphatic carbocycles. The SMILES string of the molecule is CC(=O)NCCc1ccc(C(=O)C(C)Oc2cccnc2[N+](=O)[O-])cc1. The summed E-state index contributed by atoms with van der Waals surface area (Å²) in [5, 5.41) is 13.7. The summed E-state index contributed by atoms with van der Waals surface area (Å²) in [6, 6.07) is 9.85. The van der Waals surface area contributed by atoms with Gasteiger partial charge in [-0.2, -0.15) is 0 Å². The van der Waals surface area contributed by atoms with E-state index in [0.717, 1.165) is 5.56 Å².